The smallest absolute Gasteiger partial charge is 0.250 e. The first kappa shape index (κ1) is 25.7. The summed E-state index contributed by atoms with van der Waals surface area (Å²) in [7, 11) is 3.09. The Hall–Kier alpha value is -4.57. The minimum Gasteiger partial charge on any atom is -0.504 e. The highest BCUT2D eigenvalue weighted by molar-refractivity contribution is 6.15. The predicted molar refractivity (Wildman–Crippen MR) is 144 cm³/mol. The number of imide groups is 1. The number of likely N-dealkylation sites (tertiary alicyclic amines) is 1. The molecule has 10 nitrogen and oxygen atoms in total. The van der Waals surface area contributed by atoms with Crippen molar-refractivity contribution in [1.29, 1.82) is 0 Å². The first-order valence-corrected chi connectivity index (χ1v) is 13.0. The van der Waals surface area contributed by atoms with Gasteiger partial charge < -0.3 is 25.0 Å². The van der Waals surface area contributed by atoms with Crippen molar-refractivity contribution >= 4 is 23.4 Å². The van der Waals surface area contributed by atoms with E-state index in [1.54, 1.807) is 50.6 Å². The van der Waals surface area contributed by atoms with E-state index in [0.717, 1.165) is 5.56 Å². The number of phenols is 2. The van der Waals surface area contributed by atoms with Gasteiger partial charge in [0.25, 0.3) is 0 Å². The molecule has 0 radical (unpaired) electrons. The summed E-state index contributed by atoms with van der Waals surface area (Å²) >= 11 is 0. The average molecular weight is 544 g/mol. The van der Waals surface area contributed by atoms with Gasteiger partial charge in [-0.05, 0) is 54.3 Å². The number of rotatable bonds is 7. The Morgan fingerprint density at radius 1 is 0.875 bits per heavy atom. The number of aromatic hydroxyl groups is 2. The van der Waals surface area contributed by atoms with Crippen LogP contribution in [0, 0.1) is 11.8 Å². The van der Waals surface area contributed by atoms with Gasteiger partial charge in [0, 0.05) is 23.8 Å². The summed E-state index contributed by atoms with van der Waals surface area (Å²) in [6, 6.07) is 16.5. The lowest BCUT2D eigenvalue weighted by atomic mass is 9.76. The fourth-order valence-electron chi connectivity index (χ4n) is 6.44. The molecule has 40 heavy (non-hydrogen) atoms. The number of nitrogens with one attached hydrogen (secondary N) is 2. The molecule has 0 bridgehead atoms. The van der Waals surface area contributed by atoms with Gasteiger partial charge in [0.1, 0.15) is 5.54 Å². The SMILES string of the molecule is COc1ccc(CCN2C(=O)[C@H]3[C@@H](C2=O)[C@@]2(N[C@@H]3Cc3ccc(O)c(O)c3)C(=O)Nc3ccccc32)cc1OC. The summed E-state index contributed by atoms with van der Waals surface area (Å²) < 4.78 is 10.7. The highest BCUT2D eigenvalue weighted by Crippen LogP contribution is 2.53. The molecule has 0 unspecified atom stereocenters. The van der Waals surface area contributed by atoms with Crippen molar-refractivity contribution in [2.45, 2.75) is 24.4 Å². The number of fused-ring (bicyclic) bond motifs is 4. The van der Waals surface area contributed by atoms with Crippen molar-refractivity contribution in [2.24, 2.45) is 11.8 Å². The number of benzene rings is 3. The van der Waals surface area contributed by atoms with Crippen LogP contribution in [0.1, 0.15) is 16.7 Å². The Bertz CT molecular complexity index is 1540. The number of methoxy groups -OCH3 is 2. The molecule has 3 aromatic carbocycles. The van der Waals surface area contributed by atoms with E-state index in [4.69, 9.17) is 9.47 Å². The molecule has 0 aromatic heterocycles. The third kappa shape index (κ3) is 3.78. The van der Waals surface area contributed by atoms with E-state index in [1.165, 1.54) is 17.0 Å². The number of hydrogen-bond acceptors (Lipinski definition) is 8. The highest BCUT2D eigenvalue weighted by atomic mass is 16.5. The minimum absolute atomic E-state index is 0.145. The summed E-state index contributed by atoms with van der Waals surface area (Å²) in [6.07, 6.45) is 0.658. The van der Waals surface area contributed by atoms with Crippen molar-refractivity contribution < 1.29 is 34.1 Å². The molecule has 4 N–H and O–H groups in total. The van der Waals surface area contributed by atoms with Crippen molar-refractivity contribution in [1.82, 2.24) is 10.2 Å². The van der Waals surface area contributed by atoms with E-state index in [-0.39, 0.29) is 36.3 Å². The average Bonchev–Trinajstić information content (AvgIpc) is 3.53. The van der Waals surface area contributed by atoms with Crippen LogP contribution in [0.4, 0.5) is 5.69 Å². The van der Waals surface area contributed by atoms with Crippen molar-refractivity contribution in [3.63, 3.8) is 0 Å². The standard InChI is InChI=1S/C30H29N3O7/c1-39-23-10-8-16(15-24(23)40-2)11-12-33-27(36)25-20(13-17-7-9-21(34)22(35)14-17)32-30(26(25)28(33)37)18-5-3-4-6-19(18)31-29(30)38/h3-10,14-15,20,25-26,32,34-35H,11-13H2,1-2H3,(H,31,38)/t20-,25-,26+,30-/m1/s1. The largest absolute Gasteiger partial charge is 0.504 e. The maximum atomic E-state index is 14.0. The minimum atomic E-state index is -1.41. The maximum absolute atomic E-state index is 14.0. The van der Waals surface area contributed by atoms with Gasteiger partial charge in [0.05, 0.1) is 26.1 Å². The topological polar surface area (TPSA) is 137 Å². The van der Waals surface area contributed by atoms with E-state index >= 15 is 0 Å². The Labute approximate surface area is 230 Å². The van der Waals surface area contributed by atoms with Gasteiger partial charge >= 0.3 is 0 Å². The lowest BCUT2D eigenvalue weighted by Gasteiger charge is -2.29. The number of hydrogen-bond donors (Lipinski definition) is 4. The van der Waals surface area contributed by atoms with E-state index in [1.807, 2.05) is 12.1 Å². The van der Waals surface area contributed by atoms with Gasteiger partial charge in [-0.2, -0.15) is 0 Å². The number of carbonyl (C=O) groups excluding carboxylic acids is 3. The van der Waals surface area contributed by atoms with Crippen molar-refractivity contribution in [2.75, 3.05) is 26.1 Å². The van der Waals surface area contributed by atoms with Gasteiger partial charge in [0.15, 0.2) is 23.0 Å². The summed E-state index contributed by atoms with van der Waals surface area (Å²) in [5.41, 5.74) is 1.34. The van der Waals surface area contributed by atoms with Gasteiger partial charge in [0.2, 0.25) is 17.7 Å². The molecular formula is C30H29N3O7. The third-order valence-corrected chi connectivity index (χ3v) is 8.28. The number of phenolic OH excluding ortho intramolecular Hbond substituents is 2. The van der Waals surface area contributed by atoms with Crippen molar-refractivity contribution in [3.05, 3.63) is 77.4 Å². The first-order valence-electron chi connectivity index (χ1n) is 13.0. The maximum Gasteiger partial charge on any atom is 0.250 e. The van der Waals surface area contributed by atoms with Crippen LogP contribution in [0.5, 0.6) is 23.0 Å². The van der Waals surface area contributed by atoms with Crippen LogP contribution in [0.3, 0.4) is 0 Å². The molecule has 10 heteroatoms. The lowest BCUT2D eigenvalue weighted by Crippen LogP contribution is -2.53. The molecule has 3 aliphatic heterocycles. The van der Waals surface area contributed by atoms with Crippen molar-refractivity contribution in [3.8, 4) is 23.0 Å². The molecule has 3 amide bonds. The summed E-state index contributed by atoms with van der Waals surface area (Å²) in [5.74, 6) is -2.26. The highest BCUT2D eigenvalue weighted by Gasteiger charge is 2.70. The van der Waals surface area contributed by atoms with E-state index < -0.39 is 29.3 Å². The molecule has 0 aliphatic carbocycles. The van der Waals surface area contributed by atoms with Crippen LogP contribution in [-0.2, 0) is 32.8 Å². The Kier molecular flexibility index (Phi) is 6.14. The van der Waals surface area contributed by atoms with Crippen LogP contribution >= 0.6 is 0 Å². The van der Waals surface area contributed by atoms with Crippen LogP contribution in [0.15, 0.2) is 60.7 Å². The zero-order valence-electron chi connectivity index (χ0n) is 22.0. The molecule has 2 saturated heterocycles. The number of ether oxygens (including phenoxy) is 2. The predicted octanol–water partition coefficient (Wildman–Crippen LogP) is 2.32. The zero-order valence-corrected chi connectivity index (χ0v) is 22.0. The molecule has 3 heterocycles. The molecule has 206 valence electrons. The normalized spacial score (nSPS) is 24.8. The molecule has 3 aromatic rings. The second-order valence-electron chi connectivity index (χ2n) is 10.4. The van der Waals surface area contributed by atoms with Gasteiger partial charge in [-0.25, -0.2) is 0 Å². The van der Waals surface area contributed by atoms with E-state index in [2.05, 4.69) is 10.6 Å². The number of nitrogens with zero attached hydrogens (tertiary/aromatic N) is 1. The summed E-state index contributed by atoms with van der Waals surface area (Å²) in [4.78, 5) is 42.8. The van der Waals surface area contributed by atoms with Crippen LogP contribution in [-0.4, -0.2) is 59.6 Å². The number of carbonyl (C=O) groups is 3. The first-order chi connectivity index (χ1) is 19.3. The second-order valence-corrected chi connectivity index (χ2v) is 10.4. The van der Waals surface area contributed by atoms with E-state index in [0.29, 0.717) is 34.7 Å². The van der Waals surface area contributed by atoms with Gasteiger partial charge in [-0.3, -0.25) is 24.6 Å². The Balaban J connectivity index is 1.35. The monoisotopic (exact) mass is 543 g/mol. The van der Waals surface area contributed by atoms with Gasteiger partial charge in [-0.1, -0.05) is 30.3 Å². The fraction of sp³-hybridized carbons (Fsp3) is 0.300. The third-order valence-electron chi connectivity index (χ3n) is 8.28. The quantitative estimate of drug-likeness (QED) is 0.263. The zero-order chi connectivity index (χ0) is 28.2. The molecule has 2 fully saturated rings. The number of anilines is 1. The molecule has 6 rings (SSSR count). The molecule has 1 spiro atoms. The van der Waals surface area contributed by atoms with Crippen LogP contribution in [0.25, 0.3) is 0 Å². The van der Waals surface area contributed by atoms with Crippen LogP contribution < -0.4 is 20.1 Å². The second kappa shape index (κ2) is 9.56. The fourth-order valence-corrected chi connectivity index (χ4v) is 6.44. The summed E-state index contributed by atoms with van der Waals surface area (Å²) in [6.45, 7) is 0.145. The van der Waals surface area contributed by atoms with E-state index in [9.17, 15) is 24.6 Å². The molecule has 3 aliphatic rings. The number of amides is 3. The Morgan fingerprint density at radius 2 is 1.62 bits per heavy atom. The number of para-hydroxylation sites is 1. The van der Waals surface area contributed by atoms with Gasteiger partial charge in [-0.15, -0.1) is 0 Å². The van der Waals surface area contributed by atoms with Crippen LogP contribution in [0.2, 0.25) is 0 Å². The summed E-state index contributed by atoms with van der Waals surface area (Å²) in [5, 5.41) is 26.1. The molecule has 4 atom stereocenters. The lowest BCUT2D eigenvalue weighted by molar-refractivity contribution is -0.142. The Morgan fingerprint density at radius 3 is 2.38 bits per heavy atom. The molecular weight excluding hydrogens is 514 g/mol. The molecule has 0 saturated carbocycles.